The van der Waals surface area contributed by atoms with Gasteiger partial charge >= 0.3 is 6.18 Å². The first-order valence-corrected chi connectivity index (χ1v) is 6.86. The van der Waals surface area contributed by atoms with Gasteiger partial charge in [-0.05, 0) is 30.3 Å². The van der Waals surface area contributed by atoms with Crippen LogP contribution in [0.5, 0.6) is 5.75 Å². The maximum absolute atomic E-state index is 11.9. The lowest BCUT2D eigenvalue weighted by Gasteiger charge is -2.04. The van der Waals surface area contributed by atoms with Gasteiger partial charge in [-0.15, -0.1) is 0 Å². The van der Waals surface area contributed by atoms with Gasteiger partial charge in [0.2, 0.25) is 0 Å². The van der Waals surface area contributed by atoms with E-state index in [-0.39, 0.29) is 11.3 Å². The highest BCUT2D eigenvalue weighted by Crippen LogP contribution is 2.28. The van der Waals surface area contributed by atoms with E-state index in [1.165, 1.54) is 0 Å². The summed E-state index contributed by atoms with van der Waals surface area (Å²) in [4.78, 5) is 10.1. The molecule has 7 heteroatoms. The van der Waals surface area contributed by atoms with Crippen molar-refractivity contribution in [2.75, 3.05) is 12.4 Å². The summed E-state index contributed by atoms with van der Waals surface area (Å²) in [5.41, 5.74) is 0.235. The summed E-state index contributed by atoms with van der Waals surface area (Å²) < 4.78 is 36.7. The lowest BCUT2D eigenvalue weighted by atomic mass is 10.1. The summed E-state index contributed by atoms with van der Waals surface area (Å²) in [5, 5.41) is 12.1. The summed E-state index contributed by atoms with van der Waals surface area (Å²) >= 11 is 3.24. The van der Waals surface area contributed by atoms with Crippen molar-refractivity contribution in [3.63, 3.8) is 0 Å². The Hall–Kier alpha value is -2.02. The Morgan fingerprint density at radius 1 is 1.14 bits per heavy atom. The molecule has 0 saturated heterocycles. The van der Waals surface area contributed by atoms with Crippen LogP contribution in [0.4, 0.5) is 18.9 Å². The molecule has 0 aliphatic rings. The predicted octanol–water partition coefficient (Wildman–Crippen LogP) is 4.71. The molecule has 2 rings (SSSR count). The van der Waals surface area contributed by atoms with Gasteiger partial charge in [0, 0.05) is 17.1 Å². The summed E-state index contributed by atoms with van der Waals surface area (Å²) in [6, 6.07) is 9.34. The molecular formula is C15H13BrF3NO2. The van der Waals surface area contributed by atoms with Gasteiger partial charge in [0.15, 0.2) is 0 Å². The smallest absolute Gasteiger partial charge is 0.416 e. The van der Waals surface area contributed by atoms with Gasteiger partial charge in [-0.3, -0.25) is 4.79 Å². The zero-order valence-corrected chi connectivity index (χ0v) is 13.1. The molecule has 0 amide bonds. The summed E-state index contributed by atoms with van der Waals surface area (Å²) in [6.07, 6.45) is -3.83. The molecule has 0 aliphatic carbocycles. The number of phenolic OH excluding ortho intramolecular Hbond substituents is 1. The van der Waals surface area contributed by atoms with Crippen LogP contribution in [0, 0.1) is 0 Å². The molecule has 0 heterocycles. The average Bonchev–Trinajstić information content (AvgIpc) is 2.47. The number of nitrogens with one attached hydrogen (secondary N) is 1. The highest BCUT2D eigenvalue weighted by molar-refractivity contribution is 9.10. The number of alkyl halides is 3. The number of phenols is 1. The van der Waals surface area contributed by atoms with Gasteiger partial charge in [-0.25, -0.2) is 0 Å². The fraction of sp³-hybridized carbons (Fsp3) is 0.133. The average molecular weight is 376 g/mol. The van der Waals surface area contributed by atoms with Crippen molar-refractivity contribution in [3.05, 3.63) is 58.1 Å². The summed E-state index contributed by atoms with van der Waals surface area (Å²) in [5.74, 6) is 0.261. The van der Waals surface area contributed by atoms with E-state index >= 15 is 0 Å². The second-order valence-corrected chi connectivity index (χ2v) is 5.06. The number of aldehydes is 1. The molecule has 2 N–H and O–H groups in total. The maximum atomic E-state index is 11.9. The number of hydrogen-bond acceptors (Lipinski definition) is 3. The minimum absolute atomic E-state index is 0.239. The number of hydrogen-bond donors (Lipinski definition) is 2. The Labute approximate surface area is 133 Å². The number of anilines is 1. The highest BCUT2D eigenvalue weighted by atomic mass is 79.9. The Balaban J connectivity index is 0.000000224. The lowest BCUT2D eigenvalue weighted by molar-refractivity contribution is -0.137. The van der Waals surface area contributed by atoms with Gasteiger partial charge in [0.1, 0.15) is 12.0 Å². The molecule has 0 radical (unpaired) electrons. The Kier molecular flexibility index (Phi) is 6.42. The van der Waals surface area contributed by atoms with Crippen LogP contribution in [0.3, 0.4) is 0 Å². The molecule has 118 valence electrons. The zero-order valence-electron chi connectivity index (χ0n) is 11.5. The van der Waals surface area contributed by atoms with Gasteiger partial charge in [0.25, 0.3) is 0 Å². The van der Waals surface area contributed by atoms with E-state index in [0.29, 0.717) is 6.29 Å². The molecule has 0 atom stereocenters. The monoisotopic (exact) mass is 375 g/mol. The topological polar surface area (TPSA) is 49.3 Å². The molecule has 22 heavy (non-hydrogen) atoms. The summed E-state index contributed by atoms with van der Waals surface area (Å²) in [6.45, 7) is 0. The molecular weight excluding hydrogens is 363 g/mol. The third kappa shape index (κ3) is 5.40. The van der Waals surface area contributed by atoms with Crippen LogP contribution in [-0.2, 0) is 6.18 Å². The molecule has 0 fully saturated rings. The van der Waals surface area contributed by atoms with Crippen molar-refractivity contribution >= 4 is 27.9 Å². The maximum Gasteiger partial charge on any atom is 0.416 e. The van der Waals surface area contributed by atoms with Crippen molar-refractivity contribution in [1.29, 1.82) is 0 Å². The van der Waals surface area contributed by atoms with E-state index in [4.69, 9.17) is 0 Å². The van der Waals surface area contributed by atoms with Crippen molar-refractivity contribution < 1.29 is 23.1 Å². The van der Waals surface area contributed by atoms with Crippen LogP contribution in [-0.4, -0.2) is 18.4 Å². The van der Waals surface area contributed by atoms with Crippen LogP contribution in [0.1, 0.15) is 15.9 Å². The third-order valence-electron chi connectivity index (χ3n) is 2.60. The van der Waals surface area contributed by atoms with E-state index < -0.39 is 11.7 Å². The molecule has 0 bridgehead atoms. The van der Waals surface area contributed by atoms with Gasteiger partial charge < -0.3 is 10.4 Å². The van der Waals surface area contributed by atoms with Gasteiger partial charge in [0.05, 0.1) is 11.3 Å². The van der Waals surface area contributed by atoms with Crippen molar-refractivity contribution in [3.8, 4) is 5.75 Å². The zero-order chi connectivity index (χ0) is 16.8. The predicted molar refractivity (Wildman–Crippen MR) is 82.2 cm³/mol. The number of carbonyl (C=O) groups excluding carboxylic acids is 1. The van der Waals surface area contributed by atoms with Crippen molar-refractivity contribution in [1.82, 2.24) is 0 Å². The number of carbonyl (C=O) groups is 1. The van der Waals surface area contributed by atoms with Crippen LogP contribution < -0.4 is 5.32 Å². The lowest BCUT2D eigenvalue weighted by Crippen LogP contribution is -2.04. The minimum atomic E-state index is -4.33. The Morgan fingerprint density at radius 3 is 2.14 bits per heavy atom. The fourth-order valence-electron chi connectivity index (χ4n) is 1.47. The number of rotatable bonds is 2. The molecule has 2 aromatic rings. The van der Waals surface area contributed by atoms with Crippen LogP contribution in [0.25, 0.3) is 0 Å². The van der Waals surface area contributed by atoms with Gasteiger partial charge in [-0.1, -0.05) is 28.1 Å². The molecule has 0 unspecified atom stereocenters. The quantitative estimate of drug-likeness (QED) is 0.590. The largest absolute Gasteiger partial charge is 0.506 e. The minimum Gasteiger partial charge on any atom is -0.506 e. The molecule has 0 spiro atoms. The Bertz CT molecular complexity index is 628. The first-order valence-electron chi connectivity index (χ1n) is 6.06. The first-order chi connectivity index (χ1) is 10.3. The van der Waals surface area contributed by atoms with Crippen molar-refractivity contribution in [2.24, 2.45) is 0 Å². The van der Waals surface area contributed by atoms with E-state index in [0.717, 1.165) is 34.4 Å². The highest BCUT2D eigenvalue weighted by Gasteiger charge is 2.29. The second-order valence-electron chi connectivity index (χ2n) is 4.15. The van der Waals surface area contributed by atoms with E-state index in [1.54, 1.807) is 19.2 Å². The molecule has 0 aromatic heterocycles. The van der Waals surface area contributed by atoms with Crippen LogP contribution in [0.15, 0.2) is 46.9 Å². The molecule has 3 nitrogen and oxygen atoms in total. The van der Waals surface area contributed by atoms with Crippen molar-refractivity contribution in [2.45, 2.75) is 6.18 Å². The SMILES string of the molecule is CNc1ccc(Br)cc1O.O=Cc1ccc(C(F)(F)F)cc1. The number of halogens is 4. The first kappa shape index (κ1) is 18.0. The van der Waals surface area contributed by atoms with Gasteiger partial charge in [-0.2, -0.15) is 13.2 Å². The second kappa shape index (κ2) is 7.84. The van der Waals surface area contributed by atoms with Crippen LogP contribution >= 0.6 is 15.9 Å². The number of benzene rings is 2. The van der Waals surface area contributed by atoms with E-state index in [2.05, 4.69) is 21.2 Å². The molecule has 0 aliphatic heterocycles. The van der Waals surface area contributed by atoms with Crippen LogP contribution in [0.2, 0.25) is 0 Å². The molecule has 2 aromatic carbocycles. The van der Waals surface area contributed by atoms with E-state index in [1.807, 2.05) is 6.07 Å². The third-order valence-corrected chi connectivity index (χ3v) is 3.10. The normalized spacial score (nSPS) is 10.4. The van der Waals surface area contributed by atoms with E-state index in [9.17, 15) is 23.1 Å². The standard InChI is InChI=1S/C8H5F3O.C7H8BrNO/c9-8(10,11)7-3-1-6(5-12)2-4-7;1-9-6-3-2-5(8)4-7(6)10/h1-5H;2-4,9-10H,1H3. The number of aromatic hydroxyl groups is 1. The Morgan fingerprint density at radius 2 is 1.73 bits per heavy atom. The fourth-order valence-corrected chi connectivity index (χ4v) is 1.82. The molecule has 0 saturated carbocycles. The summed E-state index contributed by atoms with van der Waals surface area (Å²) in [7, 11) is 1.77.